The highest BCUT2D eigenvalue weighted by Gasteiger charge is 2.07. The zero-order chi connectivity index (χ0) is 12.3. The first kappa shape index (κ1) is 11.6. The average molecular weight is 228 g/mol. The van der Waals surface area contributed by atoms with Gasteiger partial charge in [0.15, 0.2) is 11.9 Å². The third-order valence-electron chi connectivity index (χ3n) is 2.93. The van der Waals surface area contributed by atoms with Crippen molar-refractivity contribution < 1.29 is 9.30 Å². The van der Waals surface area contributed by atoms with E-state index >= 15 is 0 Å². The Hall–Kier alpha value is -1.83. The van der Waals surface area contributed by atoms with Gasteiger partial charge in [-0.05, 0) is 30.7 Å². The van der Waals surface area contributed by atoms with Crippen molar-refractivity contribution in [3.63, 3.8) is 0 Å². The van der Waals surface area contributed by atoms with Crippen LogP contribution in [0, 0.1) is 6.92 Å². The second kappa shape index (κ2) is 5.00. The topological polar surface area (TPSA) is 13.1 Å². The molecule has 2 nitrogen and oxygen atoms in total. The van der Waals surface area contributed by atoms with Crippen molar-refractivity contribution >= 4 is 0 Å². The van der Waals surface area contributed by atoms with Crippen LogP contribution in [0.1, 0.15) is 16.8 Å². The van der Waals surface area contributed by atoms with Gasteiger partial charge in [-0.2, -0.15) is 0 Å². The van der Waals surface area contributed by atoms with Crippen LogP contribution in [0.4, 0.5) is 0 Å². The van der Waals surface area contributed by atoms with E-state index in [0.29, 0.717) is 0 Å². The van der Waals surface area contributed by atoms with Crippen molar-refractivity contribution in [3.8, 4) is 5.75 Å². The fourth-order valence-corrected chi connectivity index (χ4v) is 1.91. The number of methoxy groups -OCH3 is 1. The Kier molecular flexibility index (Phi) is 3.43. The van der Waals surface area contributed by atoms with Gasteiger partial charge in [0.1, 0.15) is 12.8 Å². The summed E-state index contributed by atoms with van der Waals surface area (Å²) in [4.78, 5) is 0. The molecule has 0 radical (unpaired) electrons. The van der Waals surface area contributed by atoms with Gasteiger partial charge in [-0.3, -0.25) is 0 Å². The standard InChI is InChI=1S/C15H18NO/c1-12-4-7-14(16(2)11-12)10-13-5-8-15(17-3)9-6-13/h4-9,11H,10H2,1-3H3/q+1. The van der Waals surface area contributed by atoms with E-state index in [1.54, 1.807) is 7.11 Å². The molecule has 0 aliphatic rings. The molecule has 0 amide bonds. The highest BCUT2D eigenvalue weighted by atomic mass is 16.5. The molecule has 0 spiro atoms. The van der Waals surface area contributed by atoms with E-state index in [1.807, 2.05) is 12.1 Å². The van der Waals surface area contributed by atoms with E-state index in [4.69, 9.17) is 4.74 Å². The lowest BCUT2D eigenvalue weighted by molar-refractivity contribution is -0.679. The summed E-state index contributed by atoms with van der Waals surface area (Å²) in [5, 5.41) is 0. The molecule has 1 heterocycles. The summed E-state index contributed by atoms with van der Waals surface area (Å²) in [7, 11) is 3.78. The van der Waals surface area contributed by atoms with Crippen LogP contribution >= 0.6 is 0 Å². The minimum atomic E-state index is 0.905. The molecular formula is C15H18NO+. The third-order valence-corrected chi connectivity index (χ3v) is 2.93. The smallest absolute Gasteiger partial charge is 0.185 e. The predicted molar refractivity (Wildman–Crippen MR) is 68.2 cm³/mol. The molecule has 17 heavy (non-hydrogen) atoms. The molecule has 0 N–H and O–H groups in total. The molecule has 2 heteroatoms. The van der Waals surface area contributed by atoms with Gasteiger partial charge in [0.2, 0.25) is 0 Å². The van der Waals surface area contributed by atoms with Crippen LogP contribution in [0.15, 0.2) is 42.6 Å². The number of benzene rings is 1. The quantitative estimate of drug-likeness (QED) is 0.735. The van der Waals surface area contributed by atoms with Crippen molar-refractivity contribution in [3.05, 3.63) is 59.4 Å². The molecule has 88 valence electrons. The Bertz CT molecular complexity index is 503. The summed E-state index contributed by atoms with van der Waals surface area (Å²) >= 11 is 0. The van der Waals surface area contributed by atoms with Crippen LogP contribution in [0.3, 0.4) is 0 Å². The van der Waals surface area contributed by atoms with Gasteiger partial charge in [-0.15, -0.1) is 0 Å². The Morgan fingerprint density at radius 3 is 2.35 bits per heavy atom. The molecule has 1 aromatic carbocycles. The van der Waals surface area contributed by atoms with Crippen LogP contribution < -0.4 is 9.30 Å². The van der Waals surface area contributed by atoms with Gasteiger partial charge < -0.3 is 4.74 Å². The minimum absolute atomic E-state index is 0.905. The lowest BCUT2D eigenvalue weighted by atomic mass is 10.1. The number of hydrogen-bond acceptors (Lipinski definition) is 1. The summed E-state index contributed by atoms with van der Waals surface area (Å²) in [6.45, 7) is 2.11. The summed E-state index contributed by atoms with van der Waals surface area (Å²) in [5.41, 5.74) is 3.89. The first-order valence-electron chi connectivity index (χ1n) is 5.77. The monoisotopic (exact) mass is 228 g/mol. The van der Waals surface area contributed by atoms with Gasteiger partial charge >= 0.3 is 0 Å². The zero-order valence-electron chi connectivity index (χ0n) is 10.6. The predicted octanol–water partition coefficient (Wildman–Crippen LogP) is 2.42. The van der Waals surface area contributed by atoms with Gasteiger partial charge in [0.05, 0.1) is 13.5 Å². The molecule has 2 rings (SSSR count). The van der Waals surface area contributed by atoms with Gasteiger partial charge in [0.25, 0.3) is 0 Å². The lowest BCUT2D eigenvalue weighted by Gasteiger charge is -2.03. The van der Waals surface area contributed by atoms with Crippen molar-refractivity contribution in [2.75, 3.05) is 7.11 Å². The number of rotatable bonds is 3. The summed E-state index contributed by atoms with van der Waals surface area (Å²) in [5.74, 6) is 0.905. The van der Waals surface area contributed by atoms with Gasteiger partial charge in [0, 0.05) is 11.6 Å². The first-order chi connectivity index (χ1) is 8.19. The van der Waals surface area contributed by atoms with E-state index in [-0.39, 0.29) is 0 Å². The number of aromatic nitrogens is 1. The molecule has 0 aliphatic carbocycles. The highest BCUT2D eigenvalue weighted by molar-refractivity contribution is 5.29. The molecule has 0 atom stereocenters. The van der Waals surface area contributed by atoms with E-state index in [1.165, 1.54) is 16.8 Å². The number of pyridine rings is 1. The Morgan fingerprint density at radius 1 is 1.06 bits per heavy atom. The van der Waals surface area contributed by atoms with Crippen molar-refractivity contribution in [2.45, 2.75) is 13.3 Å². The van der Waals surface area contributed by atoms with E-state index in [9.17, 15) is 0 Å². The molecular weight excluding hydrogens is 210 g/mol. The highest BCUT2D eigenvalue weighted by Crippen LogP contribution is 2.13. The molecule has 0 fully saturated rings. The Balaban J connectivity index is 2.19. The van der Waals surface area contributed by atoms with E-state index in [0.717, 1.165) is 12.2 Å². The fraction of sp³-hybridized carbons (Fsp3) is 0.267. The number of aryl methyl sites for hydroxylation is 2. The van der Waals surface area contributed by atoms with E-state index < -0.39 is 0 Å². The molecule has 1 aromatic heterocycles. The minimum Gasteiger partial charge on any atom is -0.497 e. The number of hydrogen-bond donors (Lipinski definition) is 0. The molecule has 2 aromatic rings. The van der Waals surface area contributed by atoms with Crippen molar-refractivity contribution in [2.24, 2.45) is 7.05 Å². The molecule has 0 saturated carbocycles. The summed E-state index contributed by atoms with van der Waals surface area (Å²) < 4.78 is 7.33. The molecule has 0 bridgehead atoms. The van der Waals surface area contributed by atoms with Crippen LogP contribution in [-0.2, 0) is 13.5 Å². The zero-order valence-corrected chi connectivity index (χ0v) is 10.6. The maximum Gasteiger partial charge on any atom is 0.185 e. The average Bonchev–Trinajstić information content (AvgIpc) is 2.34. The normalized spacial score (nSPS) is 10.3. The van der Waals surface area contributed by atoms with Gasteiger partial charge in [-0.1, -0.05) is 12.1 Å². The molecule has 0 unspecified atom stereocenters. The summed E-state index contributed by atoms with van der Waals surface area (Å²) in [6.07, 6.45) is 3.10. The largest absolute Gasteiger partial charge is 0.497 e. The van der Waals surface area contributed by atoms with Crippen LogP contribution in [0.2, 0.25) is 0 Å². The molecule has 0 saturated heterocycles. The number of nitrogens with zero attached hydrogens (tertiary/aromatic N) is 1. The first-order valence-corrected chi connectivity index (χ1v) is 5.77. The second-order valence-corrected chi connectivity index (χ2v) is 4.33. The Morgan fingerprint density at radius 2 is 1.76 bits per heavy atom. The lowest BCUT2D eigenvalue weighted by Crippen LogP contribution is -2.33. The number of ether oxygens (including phenoxy) is 1. The summed E-state index contributed by atoms with van der Waals surface area (Å²) in [6, 6.07) is 12.6. The third kappa shape index (κ3) is 2.84. The van der Waals surface area contributed by atoms with Crippen molar-refractivity contribution in [1.29, 1.82) is 0 Å². The Labute approximate surface area is 102 Å². The van der Waals surface area contributed by atoms with Crippen LogP contribution in [0.25, 0.3) is 0 Å². The van der Waals surface area contributed by atoms with Crippen molar-refractivity contribution in [1.82, 2.24) is 0 Å². The van der Waals surface area contributed by atoms with Crippen LogP contribution in [-0.4, -0.2) is 7.11 Å². The van der Waals surface area contributed by atoms with Crippen LogP contribution in [0.5, 0.6) is 5.75 Å². The maximum atomic E-state index is 5.15. The fourth-order valence-electron chi connectivity index (χ4n) is 1.91. The maximum absolute atomic E-state index is 5.15. The second-order valence-electron chi connectivity index (χ2n) is 4.33. The van der Waals surface area contributed by atoms with E-state index in [2.05, 4.69) is 49.0 Å². The van der Waals surface area contributed by atoms with Gasteiger partial charge in [-0.25, -0.2) is 4.57 Å². The molecule has 0 aliphatic heterocycles. The SMILES string of the molecule is COc1ccc(Cc2ccc(C)c[n+]2C)cc1.